The van der Waals surface area contributed by atoms with Crippen molar-refractivity contribution >= 4 is 17.8 Å². The number of unbranched alkanes of at least 4 members (excludes halogenated alkanes) is 1. The fraction of sp³-hybridized carbons (Fsp3) is 0.474. The first-order chi connectivity index (χ1) is 12.5. The van der Waals surface area contributed by atoms with Crippen LogP contribution in [-0.4, -0.2) is 30.9 Å². The smallest absolute Gasteiger partial charge is 0.328 e. The fourth-order valence-electron chi connectivity index (χ4n) is 2.41. The molecule has 0 aromatic heterocycles. The third kappa shape index (κ3) is 7.79. The van der Waals surface area contributed by atoms with Crippen LogP contribution >= 0.6 is 0 Å². The number of ether oxygens (including phenoxy) is 1. The lowest BCUT2D eigenvalue weighted by Gasteiger charge is -2.16. The molecule has 0 aliphatic heterocycles. The highest BCUT2D eigenvalue weighted by Crippen LogP contribution is 2.11. The standard InChI is InChI=1S/C19H25N3O4/c1-14(15-8-4-3-5-9-15)21-17(23)11-12-18(24)22-16(19(25)26-2)10-6-7-13-20/h3-5,8-9,14,16H,6-7,10-12H2,1-2H3,(H,21,23)(H,22,24)/t14-,16-/m1/s1. The summed E-state index contributed by atoms with van der Waals surface area (Å²) in [6, 6.07) is 10.6. The van der Waals surface area contributed by atoms with Gasteiger partial charge in [-0.2, -0.15) is 5.26 Å². The number of amides is 2. The van der Waals surface area contributed by atoms with Crippen LogP contribution in [0.2, 0.25) is 0 Å². The second kappa shape index (κ2) is 11.6. The number of esters is 1. The number of rotatable bonds is 10. The molecule has 7 heteroatoms. The van der Waals surface area contributed by atoms with E-state index in [0.29, 0.717) is 19.3 Å². The molecule has 0 saturated carbocycles. The first-order valence-electron chi connectivity index (χ1n) is 8.56. The zero-order chi connectivity index (χ0) is 19.4. The Hall–Kier alpha value is -2.88. The third-order valence-electron chi connectivity index (χ3n) is 3.86. The molecule has 0 aliphatic carbocycles. The molecule has 7 nitrogen and oxygen atoms in total. The molecular weight excluding hydrogens is 334 g/mol. The van der Waals surface area contributed by atoms with Crippen LogP contribution in [0.25, 0.3) is 0 Å². The number of hydrogen-bond acceptors (Lipinski definition) is 5. The number of hydrogen-bond donors (Lipinski definition) is 2. The fourth-order valence-corrected chi connectivity index (χ4v) is 2.41. The molecule has 0 radical (unpaired) electrons. The molecule has 0 aliphatic rings. The molecule has 2 amide bonds. The molecule has 140 valence electrons. The van der Waals surface area contributed by atoms with Gasteiger partial charge in [0.05, 0.1) is 19.2 Å². The Balaban J connectivity index is 2.42. The monoisotopic (exact) mass is 359 g/mol. The van der Waals surface area contributed by atoms with Crippen molar-refractivity contribution in [2.75, 3.05) is 7.11 Å². The maximum Gasteiger partial charge on any atom is 0.328 e. The Bertz CT molecular complexity index is 640. The van der Waals surface area contributed by atoms with Gasteiger partial charge in [-0.05, 0) is 25.3 Å². The van der Waals surface area contributed by atoms with Crippen LogP contribution in [-0.2, 0) is 19.1 Å². The van der Waals surface area contributed by atoms with Gasteiger partial charge in [-0.15, -0.1) is 0 Å². The quantitative estimate of drug-likeness (QED) is 0.491. The lowest BCUT2D eigenvalue weighted by atomic mass is 10.1. The molecule has 0 fully saturated rings. The van der Waals surface area contributed by atoms with Crippen LogP contribution in [0.1, 0.15) is 50.6 Å². The van der Waals surface area contributed by atoms with E-state index in [-0.39, 0.29) is 24.8 Å². The highest BCUT2D eigenvalue weighted by Gasteiger charge is 2.21. The molecule has 0 saturated heterocycles. The van der Waals surface area contributed by atoms with Gasteiger partial charge in [0.15, 0.2) is 0 Å². The molecule has 26 heavy (non-hydrogen) atoms. The summed E-state index contributed by atoms with van der Waals surface area (Å²) in [5.41, 5.74) is 0.980. The topological polar surface area (TPSA) is 108 Å². The maximum atomic E-state index is 12.0. The zero-order valence-electron chi connectivity index (χ0n) is 15.2. The van der Waals surface area contributed by atoms with Crippen LogP contribution in [0.15, 0.2) is 30.3 Å². The summed E-state index contributed by atoms with van der Waals surface area (Å²) in [6.07, 6.45) is 1.09. The number of benzene rings is 1. The van der Waals surface area contributed by atoms with Crippen LogP contribution in [0.4, 0.5) is 0 Å². The number of nitrogens with one attached hydrogen (secondary N) is 2. The lowest BCUT2D eigenvalue weighted by Crippen LogP contribution is -2.41. The van der Waals surface area contributed by atoms with Gasteiger partial charge >= 0.3 is 5.97 Å². The summed E-state index contributed by atoms with van der Waals surface area (Å²) in [4.78, 5) is 35.7. The minimum atomic E-state index is -0.799. The van der Waals surface area contributed by atoms with Gasteiger partial charge in [-0.3, -0.25) is 9.59 Å². The van der Waals surface area contributed by atoms with Gasteiger partial charge < -0.3 is 15.4 Å². The Kier molecular flexibility index (Phi) is 9.47. The van der Waals surface area contributed by atoms with Crippen molar-refractivity contribution in [3.05, 3.63) is 35.9 Å². The number of carbonyl (C=O) groups excluding carboxylic acids is 3. The zero-order valence-corrected chi connectivity index (χ0v) is 15.2. The van der Waals surface area contributed by atoms with Crippen molar-refractivity contribution < 1.29 is 19.1 Å². The molecular formula is C19H25N3O4. The van der Waals surface area contributed by atoms with Crippen LogP contribution in [0, 0.1) is 11.3 Å². The van der Waals surface area contributed by atoms with E-state index in [9.17, 15) is 14.4 Å². The van der Waals surface area contributed by atoms with Crippen LogP contribution < -0.4 is 10.6 Å². The number of methoxy groups -OCH3 is 1. The minimum absolute atomic E-state index is 0.0229. The van der Waals surface area contributed by atoms with Crippen molar-refractivity contribution in [3.63, 3.8) is 0 Å². The summed E-state index contributed by atoms with van der Waals surface area (Å²) in [5.74, 6) is -1.20. The molecule has 1 aromatic carbocycles. The van der Waals surface area contributed by atoms with E-state index in [4.69, 9.17) is 5.26 Å². The Morgan fingerprint density at radius 3 is 2.31 bits per heavy atom. The first kappa shape index (κ1) is 21.2. The van der Waals surface area contributed by atoms with Gasteiger partial charge in [0.2, 0.25) is 11.8 Å². The molecule has 0 unspecified atom stereocenters. The summed E-state index contributed by atoms with van der Waals surface area (Å²) >= 11 is 0. The van der Waals surface area contributed by atoms with E-state index >= 15 is 0 Å². The SMILES string of the molecule is COC(=O)[C@@H](CCCC#N)NC(=O)CCC(=O)N[C@H](C)c1ccccc1. The van der Waals surface area contributed by atoms with Gasteiger partial charge in [-0.25, -0.2) is 4.79 Å². The Morgan fingerprint density at radius 1 is 1.12 bits per heavy atom. The van der Waals surface area contributed by atoms with Crippen LogP contribution in [0.3, 0.4) is 0 Å². The Labute approximate surface area is 153 Å². The third-order valence-corrected chi connectivity index (χ3v) is 3.86. The maximum absolute atomic E-state index is 12.0. The highest BCUT2D eigenvalue weighted by molar-refractivity contribution is 5.87. The van der Waals surface area contributed by atoms with Crippen molar-refractivity contribution in [1.29, 1.82) is 5.26 Å². The molecule has 1 rings (SSSR count). The molecule has 0 bridgehead atoms. The molecule has 2 N–H and O–H groups in total. The average molecular weight is 359 g/mol. The van der Waals surface area contributed by atoms with Gasteiger partial charge in [0.25, 0.3) is 0 Å². The van der Waals surface area contributed by atoms with E-state index in [1.165, 1.54) is 7.11 Å². The van der Waals surface area contributed by atoms with Crippen molar-refractivity contribution in [1.82, 2.24) is 10.6 Å². The molecule has 0 heterocycles. The largest absolute Gasteiger partial charge is 0.467 e. The predicted octanol–water partition coefficient (Wildman–Crippen LogP) is 2.00. The van der Waals surface area contributed by atoms with E-state index < -0.39 is 17.9 Å². The first-order valence-corrected chi connectivity index (χ1v) is 8.56. The second-order valence-electron chi connectivity index (χ2n) is 5.89. The summed E-state index contributed by atoms with van der Waals surface area (Å²) in [7, 11) is 1.24. The van der Waals surface area contributed by atoms with Gasteiger partial charge in [-0.1, -0.05) is 30.3 Å². The normalized spacial score (nSPS) is 12.3. The van der Waals surface area contributed by atoms with Crippen molar-refractivity contribution in [2.24, 2.45) is 0 Å². The Morgan fingerprint density at radius 2 is 1.73 bits per heavy atom. The van der Waals surface area contributed by atoms with Gasteiger partial charge in [0, 0.05) is 19.3 Å². The number of carbonyl (C=O) groups is 3. The van der Waals surface area contributed by atoms with Crippen molar-refractivity contribution in [3.8, 4) is 6.07 Å². The van der Waals surface area contributed by atoms with Gasteiger partial charge in [0.1, 0.15) is 6.04 Å². The summed E-state index contributed by atoms with van der Waals surface area (Å²) < 4.78 is 4.66. The van der Waals surface area contributed by atoms with Crippen LogP contribution in [0.5, 0.6) is 0 Å². The number of nitriles is 1. The summed E-state index contributed by atoms with van der Waals surface area (Å²) in [5, 5.41) is 14.0. The average Bonchev–Trinajstić information content (AvgIpc) is 2.65. The molecule has 0 spiro atoms. The minimum Gasteiger partial charge on any atom is -0.467 e. The second-order valence-corrected chi connectivity index (χ2v) is 5.89. The van der Waals surface area contributed by atoms with Crippen molar-refractivity contribution in [2.45, 2.75) is 51.1 Å². The summed E-state index contributed by atoms with van der Waals surface area (Å²) in [6.45, 7) is 1.87. The molecule has 2 atom stereocenters. The van der Waals surface area contributed by atoms with E-state index in [1.54, 1.807) is 0 Å². The van der Waals surface area contributed by atoms with E-state index in [1.807, 2.05) is 43.3 Å². The van der Waals surface area contributed by atoms with E-state index in [0.717, 1.165) is 5.56 Å². The number of nitrogens with zero attached hydrogens (tertiary/aromatic N) is 1. The highest BCUT2D eigenvalue weighted by atomic mass is 16.5. The molecule has 1 aromatic rings. The van der Waals surface area contributed by atoms with E-state index in [2.05, 4.69) is 15.4 Å². The predicted molar refractivity (Wildman–Crippen MR) is 95.6 cm³/mol. The lowest BCUT2D eigenvalue weighted by molar-refractivity contribution is -0.145.